The van der Waals surface area contributed by atoms with Gasteiger partial charge in [0.1, 0.15) is 0 Å². The number of amides is 1. The van der Waals surface area contributed by atoms with Crippen LogP contribution in [0.5, 0.6) is 11.5 Å². The zero-order chi connectivity index (χ0) is 23.0. The van der Waals surface area contributed by atoms with E-state index in [1.54, 1.807) is 13.2 Å². The number of nitrogens with zero attached hydrogens (tertiary/aromatic N) is 2. The molecule has 2 fully saturated rings. The summed E-state index contributed by atoms with van der Waals surface area (Å²) in [6, 6.07) is 16.6. The van der Waals surface area contributed by atoms with Gasteiger partial charge in [0.05, 0.1) is 13.2 Å². The van der Waals surface area contributed by atoms with Gasteiger partial charge in [0.15, 0.2) is 11.5 Å². The van der Waals surface area contributed by atoms with Gasteiger partial charge in [0.25, 0.3) is 5.91 Å². The van der Waals surface area contributed by atoms with Crippen molar-refractivity contribution in [2.24, 2.45) is 0 Å². The molecule has 0 spiro atoms. The number of methoxy groups -OCH3 is 1. The second-order valence-corrected chi connectivity index (χ2v) is 9.22. The van der Waals surface area contributed by atoms with Crippen LogP contribution in [0, 0.1) is 0 Å². The Morgan fingerprint density at radius 1 is 1.06 bits per heavy atom. The Labute approximate surface area is 197 Å². The molecule has 1 saturated carbocycles. The van der Waals surface area contributed by atoms with Crippen LogP contribution < -0.4 is 14.8 Å². The van der Waals surface area contributed by atoms with E-state index < -0.39 is 0 Å². The SMILES string of the molecule is COc1cc(C(=O)NCCCN2CCN(C)CC2c2ccccc2)ccc1OC1CCCC1. The zero-order valence-electron chi connectivity index (χ0n) is 20.0. The Bertz CT molecular complexity index is 899. The zero-order valence-corrected chi connectivity index (χ0v) is 20.0. The normalized spacial score (nSPS) is 20.0. The van der Waals surface area contributed by atoms with Crippen molar-refractivity contribution in [2.45, 2.75) is 44.2 Å². The minimum absolute atomic E-state index is 0.0706. The maximum atomic E-state index is 12.7. The van der Waals surface area contributed by atoms with Crippen LogP contribution >= 0.6 is 0 Å². The monoisotopic (exact) mass is 451 g/mol. The summed E-state index contributed by atoms with van der Waals surface area (Å²) >= 11 is 0. The van der Waals surface area contributed by atoms with E-state index in [-0.39, 0.29) is 12.0 Å². The van der Waals surface area contributed by atoms with E-state index in [0.29, 0.717) is 23.9 Å². The van der Waals surface area contributed by atoms with Gasteiger partial charge in [-0.25, -0.2) is 0 Å². The van der Waals surface area contributed by atoms with Gasteiger partial charge in [-0.1, -0.05) is 30.3 Å². The fourth-order valence-electron chi connectivity index (χ4n) is 4.89. The first-order valence-corrected chi connectivity index (χ1v) is 12.2. The molecule has 1 aliphatic carbocycles. The molecule has 178 valence electrons. The second kappa shape index (κ2) is 11.5. The molecule has 1 unspecified atom stereocenters. The van der Waals surface area contributed by atoms with E-state index in [2.05, 4.69) is 52.5 Å². The van der Waals surface area contributed by atoms with Crippen molar-refractivity contribution in [2.75, 3.05) is 46.9 Å². The van der Waals surface area contributed by atoms with Crippen LogP contribution in [0.1, 0.15) is 54.1 Å². The van der Waals surface area contributed by atoms with E-state index in [0.717, 1.165) is 51.2 Å². The molecule has 0 aromatic heterocycles. The Kier molecular flexibility index (Phi) is 8.24. The number of likely N-dealkylation sites (N-methyl/N-ethyl adjacent to an activating group) is 1. The minimum Gasteiger partial charge on any atom is -0.493 e. The predicted molar refractivity (Wildman–Crippen MR) is 131 cm³/mol. The number of nitrogens with one attached hydrogen (secondary N) is 1. The summed E-state index contributed by atoms with van der Waals surface area (Å²) in [4.78, 5) is 17.7. The molecule has 1 N–H and O–H groups in total. The van der Waals surface area contributed by atoms with Gasteiger partial charge in [-0.15, -0.1) is 0 Å². The number of piperazine rings is 1. The van der Waals surface area contributed by atoms with Crippen LogP contribution in [-0.4, -0.2) is 68.7 Å². The molecule has 4 rings (SSSR count). The molecule has 2 aromatic rings. The predicted octanol–water partition coefficient (Wildman–Crippen LogP) is 4.13. The lowest BCUT2D eigenvalue weighted by Gasteiger charge is -2.40. The fraction of sp³-hybridized carbons (Fsp3) is 0.519. The third kappa shape index (κ3) is 6.27. The summed E-state index contributed by atoms with van der Waals surface area (Å²) in [5, 5.41) is 3.07. The number of hydrogen-bond acceptors (Lipinski definition) is 5. The molecule has 33 heavy (non-hydrogen) atoms. The fourth-order valence-corrected chi connectivity index (χ4v) is 4.89. The third-order valence-electron chi connectivity index (χ3n) is 6.81. The molecule has 0 radical (unpaired) electrons. The van der Waals surface area contributed by atoms with Gasteiger partial charge in [-0.2, -0.15) is 0 Å². The standard InChI is InChI=1S/C27H37N3O3/c1-29-17-18-30(24(20-29)21-9-4-3-5-10-21)16-8-15-28-27(31)22-13-14-25(26(19-22)32-2)33-23-11-6-7-12-23/h3-5,9-10,13-14,19,23-24H,6-8,11-12,15-18,20H2,1-2H3,(H,28,31). The second-order valence-electron chi connectivity index (χ2n) is 9.22. The lowest BCUT2D eigenvalue weighted by atomic mass is 10.0. The summed E-state index contributed by atoms with van der Waals surface area (Å²) in [5.74, 6) is 1.28. The maximum absolute atomic E-state index is 12.7. The Balaban J connectivity index is 1.28. The van der Waals surface area contributed by atoms with Crippen molar-refractivity contribution in [1.29, 1.82) is 0 Å². The highest BCUT2D eigenvalue weighted by atomic mass is 16.5. The first kappa shape index (κ1) is 23.6. The minimum atomic E-state index is -0.0706. The summed E-state index contributed by atoms with van der Waals surface area (Å²) in [5.41, 5.74) is 1.97. The molecule has 0 bridgehead atoms. The molecule has 1 aliphatic heterocycles. The summed E-state index contributed by atoms with van der Waals surface area (Å²) < 4.78 is 11.6. The largest absolute Gasteiger partial charge is 0.493 e. The van der Waals surface area contributed by atoms with E-state index in [4.69, 9.17) is 9.47 Å². The highest BCUT2D eigenvalue weighted by molar-refractivity contribution is 5.94. The molecule has 2 aliphatic rings. The van der Waals surface area contributed by atoms with Crippen LogP contribution in [-0.2, 0) is 0 Å². The molecule has 1 amide bonds. The summed E-state index contributed by atoms with van der Waals surface area (Å²) in [7, 11) is 3.81. The number of rotatable bonds is 9. The van der Waals surface area contributed by atoms with Crippen LogP contribution in [0.2, 0.25) is 0 Å². The molecule has 1 heterocycles. The molecule has 6 heteroatoms. The first-order valence-electron chi connectivity index (χ1n) is 12.2. The highest BCUT2D eigenvalue weighted by Gasteiger charge is 2.26. The summed E-state index contributed by atoms with van der Waals surface area (Å²) in [6.07, 6.45) is 5.78. The quantitative estimate of drug-likeness (QED) is 0.581. The van der Waals surface area contributed by atoms with Gasteiger partial charge in [-0.05, 0) is 62.9 Å². The number of carbonyl (C=O) groups excluding carboxylic acids is 1. The van der Waals surface area contributed by atoms with Gasteiger partial charge < -0.3 is 19.7 Å². The lowest BCUT2D eigenvalue weighted by molar-refractivity contribution is 0.0865. The average Bonchev–Trinajstić information content (AvgIpc) is 3.36. The topological polar surface area (TPSA) is 54.0 Å². The van der Waals surface area contributed by atoms with Crippen LogP contribution in [0.25, 0.3) is 0 Å². The number of ether oxygens (including phenoxy) is 2. The van der Waals surface area contributed by atoms with Gasteiger partial charge >= 0.3 is 0 Å². The van der Waals surface area contributed by atoms with Crippen molar-refractivity contribution in [1.82, 2.24) is 15.1 Å². The molecular formula is C27H37N3O3. The highest BCUT2D eigenvalue weighted by Crippen LogP contribution is 2.32. The van der Waals surface area contributed by atoms with Crippen LogP contribution in [0.4, 0.5) is 0 Å². The molecule has 2 aromatic carbocycles. The molecular weight excluding hydrogens is 414 g/mol. The van der Waals surface area contributed by atoms with E-state index >= 15 is 0 Å². The van der Waals surface area contributed by atoms with Crippen molar-refractivity contribution in [3.8, 4) is 11.5 Å². The molecule has 6 nitrogen and oxygen atoms in total. The van der Waals surface area contributed by atoms with Crippen molar-refractivity contribution < 1.29 is 14.3 Å². The van der Waals surface area contributed by atoms with Gasteiger partial charge in [0.2, 0.25) is 0 Å². The van der Waals surface area contributed by atoms with Crippen LogP contribution in [0.15, 0.2) is 48.5 Å². The number of benzene rings is 2. The van der Waals surface area contributed by atoms with E-state index in [9.17, 15) is 4.79 Å². The van der Waals surface area contributed by atoms with Gasteiger partial charge in [0, 0.05) is 44.3 Å². The number of carbonyl (C=O) groups is 1. The smallest absolute Gasteiger partial charge is 0.251 e. The molecule has 1 saturated heterocycles. The van der Waals surface area contributed by atoms with E-state index in [1.807, 2.05) is 12.1 Å². The average molecular weight is 452 g/mol. The van der Waals surface area contributed by atoms with Crippen molar-refractivity contribution in [3.63, 3.8) is 0 Å². The third-order valence-corrected chi connectivity index (χ3v) is 6.81. The first-order chi connectivity index (χ1) is 16.1. The van der Waals surface area contributed by atoms with Crippen molar-refractivity contribution >= 4 is 5.91 Å². The Morgan fingerprint density at radius 3 is 2.61 bits per heavy atom. The van der Waals surface area contributed by atoms with Crippen LogP contribution in [0.3, 0.4) is 0 Å². The van der Waals surface area contributed by atoms with Crippen molar-refractivity contribution in [3.05, 3.63) is 59.7 Å². The Morgan fingerprint density at radius 2 is 1.85 bits per heavy atom. The molecule has 1 atom stereocenters. The lowest BCUT2D eigenvalue weighted by Crippen LogP contribution is -2.47. The Hall–Kier alpha value is -2.57. The summed E-state index contributed by atoms with van der Waals surface area (Å²) in [6.45, 7) is 4.76. The van der Waals surface area contributed by atoms with E-state index in [1.165, 1.54) is 18.4 Å². The number of hydrogen-bond donors (Lipinski definition) is 1. The van der Waals surface area contributed by atoms with Gasteiger partial charge in [-0.3, -0.25) is 9.69 Å². The maximum Gasteiger partial charge on any atom is 0.251 e.